The van der Waals surface area contributed by atoms with Gasteiger partial charge in [0.05, 0.1) is 16.9 Å². The average molecular weight is 694 g/mol. The fourth-order valence-corrected chi connectivity index (χ4v) is 7.72. The molecule has 0 radical (unpaired) electrons. The van der Waals surface area contributed by atoms with E-state index in [2.05, 4.69) is 31.3 Å². The lowest BCUT2D eigenvalue weighted by molar-refractivity contribution is -0.124. The van der Waals surface area contributed by atoms with Gasteiger partial charge in [-0.25, -0.2) is 13.4 Å². The summed E-state index contributed by atoms with van der Waals surface area (Å²) in [7, 11) is -4.14. The fourth-order valence-electron chi connectivity index (χ4n) is 4.83. The molecule has 1 amide bonds. The molecule has 1 saturated heterocycles. The van der Waals surface area contributed by atoms with Crippen LogP contribution >= 0.6 is 39.1 Å². The van der Waals surface area contributed by atoms with E-state index in [1.165, 1.54) is 22.7 Å². The van der Waals surface area contributed by atoms with Crippen molar-refractivity contribution in [3.8, 4) is 5.75 Å². The highest BCUT2D eigenvalue weighted by Gasteiger charge is 2.40. The molecule has 0 spiro atoms. The number of aromatic nitrogens is 2. The van der Waals surface area contributed by atoms with Gasteiger partial charge in [-0.1, -0.05) is 47.5 Å². The van der Waals surface area contributed by atoms with Crippen LogP contribution in [0.15, 0.2) is 69.3 Å². The fraction of sp³-hybridized carbons (Fsp3) is 0.250. The molecule has 14 heteroatoms. The third kappa shape index (κ3) is 6.00. The molecule has 3 heterocycles. The molecule has 10 nitrogen and oxygen atoms in total. The van der Waals surface area contributed by atoms with Crippen molar-refractivity contribution in [1.29, 1.82) is 0 Å². The highest BCUT2D eigenvalue weighted by Crippen LogP contribution is 2.36. The Morgan fingerprint density at radius 3 is 2.74 bits per heavy atom. The van der Waals surface area contributed by atoms with Gasteiger partial charge in [0, 0.05) is 29.9 Å². The molecule has 0 aliphatic carbocycles. The van der Waals surface area contributed by atoms with Gasteiger partial charge in [-0.15, -0.1) is 0 Å². The molecule has 1 aliphatic rings. The van der Waals surface area contributed by atoms with Crippen molar-refractivity contribution in [2.45, 2.75) is 43.9 Å². The highest BCUT2D eigenvalue weighted by atomic mass is 79.9. The number of aryl methyl sites for hydroxylation is 1. The Morgan fingerprint density at radius 2 is 2.00 bits per heavy atom. The lowest BCUT2D eigenvalue weighted by Gasteiger charge is -2.24. The smallest absolute Gasteiger partial charge is 0.245 e. The van der Waals surface area contributed by atoms with Gasteiger partial charge in [0.1, 0.15) is 22.1 Å². The van der Waals surface area contributed by atoms with Crippen LogP contribution in [0, 0.1) is 6.92 Å². The van der Waals surface area contributed by atoms with E-state index >= 15 is 0 Å². The number of sulfonamides is 1. The van der Waals surface area contributed by atoms with Crippen LogP contribution in [0.1, 0.15) is 35.2 Å². The Balaban J connectivity index is 1.34. The molecule has 0 bridgehead atoms. The van der Waals surface area contributed by atoms with E-state index in [1.807, 2.05) is 47.9 Å². The van der Waals surface area contributed by atoms with Crippen LogP contribution in [0.5, 0.6) is 5.75 Å². The molecule has 4 aromatic rings. The summed E-state index contributed by atoms with van der Waals surface area (Å²) in [6, 6.07) is 12.8. The number of ether oxygens (including phenoxy) is 1. The number of nitrogens with one attached hydrogen (secondary N) is 1. The number of amides is 1. The second-order valence-corrected chi connectivity index (χ2v) is 13.1. The monoisotopic (exact) mass is 692 g/mol. The molecule has 0 unspecified atom stereocenters. The summed E-state index contributed by atoms with van der Waals surface area (Å²) in [5, 5.41) is 6.54. The van der Waals surface area contributed by atoms with Crippen LogP contribution < -0.4 is 15.9 Å². The third-order valence-electron chi connectivity index (χ3n) is 7.00. The van der Waals surface area contributed by atoms with Gasteiger partial charge in [-0.2, -0.15) is 9.41 Å². The number of rotatable bonds is 9. The van der Waals surface area contributed by atoms with Gasteiger partial charge >= 0.3 is 0 Å². The predicted octanol–water partition coefficient (Wildman–Crippen LogP) is 5.05. The van der Waals surface area contributed by atoms with E-state index in [1.54, 1.807) is 6.07 Å². The highest BCUT2D eigenvalue weighted by molar-refractivity contribution is 9.10. The SMILES string of the molecule is Cc1nc2c(OCc3c(Cl)ccc(S(=O)(=O)N4CCC[C@H]4C(=O)NCc4ccc(C=NN)cc4)c3Cl)cccn2c1Br. The first-order chi connectivity index (χ1) is 20.1. The molecule has 5 rings (SSSR count). The number of hydrogen-bond donors (Lipinski definition) is 2. The van der Waals surface area contributed by atoms with E-state index in [9.17, 15) is 13.2 Å². The Labute approximate surface area is 261 Å². The van der Waals surface area contributed by atoms with Gasteiger partial charge in [-0.05, 0) is 71.1 Å². The number of hydrogen-bond acceptors (Lipinski definition) is 7. The van der Waals surface area contributed by atoms with Crippen molar-refractivity contribution in [2.24, 2.45) is 10.9 Å². The van der Waals surface area contributed by atoms with E-state index in [-0.39, 0.29) is 40.5 Å². The Kier molecular flexibility index (Phi) is 9.09. The summed E-state index contributed by atoms with van der Waals surface area (Å²) < 4.78 is 37.5. The van der Waals surface area contributed by atoms with Crippen molar-refractivity contribution in [2.75, 3.05) is 6.54 Å². The average Bonchev–Trinajstić information content (AvgIpc) is 3.58. The van der Waals surface area contributed by atoms with Crippen LogP contribution in [0.3, 0.4) is 0 Å². The minimum absolute atomic E-state index is 0.0534. The maximum atomic E-state index is 13.8. The number of nitrogens with two attached hydrogens (primary N) is 1. The number of benzene rings is 2. The van der Waals surface area contributed by atoms with Crippen LogP contribution in [0.4, 0.5) is 0 Å². The van der Waals surface area contributed by atoms with Gasteiger partial charge in [-0.3, -0.25) is 9.20 Å². The minimum Gasteiger partial charge on any atom is -0.485 e. The van der Waals surface area contributed by atoms with Crippen LogP contribution in [0.2, 0.25) is 10.0 Å². The number of nitrogens with zero attached hydrogens (tertiary/aromatic N) is 4. The molecule has 2 aromatic heterocycles. The molecule has 2 aromatic carbocycles. The zero-order valence-electron chi connectivity index (χ0n) is 22.4. The first-order valence-electron chi connectivity index (χ1n) is 13.0. The van der Waals surface area contributed by atoms with Crippen LogP contribution in [0.25, 0.3) is 5.65 Å². The summed E-state index contributed by atoms with van der Waals surface area (Å²) in [4.78, 5) is 17.5. The molecule has 220 valence electrons. The third-order valence-corrected chi connectivity index (χ3v) is 10.8. The maximum absolute atomic E-state index is 13.8. The second-order valence-electron chi connectivity index (χ2n) is 9.69. The number of hydrazone groups is 1. The Hall–Kier alpha value is -3.16. The maximum Gasteiger partial charge on any atom is 0.245 e. The lowest BCUT2D eigenvalue weighted by Crippen LogP contribution is -2.45. The van der Waals surface area contributed by atoms with Crippen molar-refractivity contribution in [3.63, 3.8) is 0 Å². The topological polar surface area (TPSA) is 131 Å². The summed E-state index contributed by atoms with van der Waals surface area (Å²) in [6.45, 7) is 2.20. The summed E-state index contributed by atoms with van der Waals surface area (Å²) >= 11 is 16.6. The van der Waals surface area contributed by atoms with E-state index < -0.39 is 16.1 Å². The zero-order valence-corrected chi connectivity index (χ0v) is 26.3. The van der Waals surface area contributed by atoms with E-state index in [0.717, 1.165) is 21.4 Å². The van der Waals surface area contributed by atoms with Crippen molar-refractivity contribution < 1.29 is 17.9 Å². The van der Waals surface area contributed by atoms with Crippen molar-refractivity contribution in [3.05, 3.63) is 91.8 Å². The number of pyridine rings is 1. The molecule has 1 atom stereocenters. The van der Waals surface area contributed by atoms with Crippen LogP contribution in [-0.4, -0.2) is 46.8 Å². The first kappa shape index (κ1) is 30.3. The standard InChI is InChI=1S/C28H27BrCl2N6O4S/c1-17-26(29)36-12-3-5-23(27(36)35-17)41-16-20-21(30)10-11-24(25(20)31)42(39,40)37-13-2-4-22(37)28(38)33-14-18-6-8-19(9-7-18)15-34-32/h3,5-12,15,22H,2,4,13-14,16,32H2,1H3,(H,33,38)/t22-/m0/s1. The molecule has 1 fully saturated rings. The normalized spacial score (nSPS) is 16.0. The van der Waals surface area contributed by atoms with Gasteiger partial charge in [0.15, 0.2) is 11.4 Å². The van der Waals surface area contributed by atoms with E-state index in [4.69, 9.17) is 33.8 Å². The van der Waals surface area contributed by atoms with E-state index in [0.29, 0.717) is 29.8 Å². The minimum atomic E-state index is -4.14. The molecule has 42 heavy (non-hydrogen) atoms. The number of carbonyl (C=O) groups is 1. The quantitative estimate of drug-likeness (QED) is 0.143. The first-order valence-corrected chi connectivity index (χ1v) is 15.9. The summed E-state index contributed by atoms with van der Waals surface area (Å²) in [6.07, 6.45) is 4.29. The molecular weight excluding hydrogens is 667 g/mol. The Bertz CT molecular complexity index is 1780. The van der Waals surface area contributed by atoms with Gasteiger partial charge in [0.25, 0.3) is 0 Å². The van der Waals surface area contributed by atoms with Crippen LogP contribution in [-0.2, 0) is 28.0 Å². The zero-order chi connectivity index (χ0) is 30.0. The van der Waals surface area contributed by atoms with Gasteiger partial charge in [0.2, 0.25) is 15.9 Å². The largest absolute Gasteiger partial charge is 0.485 e. The summed E-state index contributed by atoms with van der Waals surface area (Å²) in [5.41, 5.74) is 3.36. The summed E-state index contributed by atoms with van der Waals surface area (Å²) in [5.74, 6) is 5.27. The number of imidazole rings is 1. The Morgan fingerprint density at radius 1 is 1.24 bits per heavy atom. The molecule has 3 N–H and O–H groups in total. The molecule has 0 saturated carbocycles. The second kappa shape index (κ2) is 12.6. The lowest BCUT2D eigenvalue weighted by atomic mass is 10.1. The molecule has 1 aliphatic heterocycles. The van der Waals surface area contributed by atoms with Crippen molar-refractivity contribution in [1.82, 2.24) is 19.0 Å². The molecular formula is C28H27BrCl2N6O4S. The predicted molar refractivity (Wildman–Crippen MR) is 165 cm³/mol. The number of halogens is 3. The number of carbonyl (C=O) groups excluding carboxylic acids is 1. The van der Waals surface area contributed by atoms with Crippen molar-refractivity contribution >= 4 is 66.9 Å². The number of fused-ring (bicyclic) bond motifs is 1. The van der Waals surface area contributed by atoms with Gasteiger partial charge < -0.3 is 15.9 Å².